The van der Waals surface area contributed by atoms with Gasteiger partial charge in [-0.15, -0.1) is 16.4 Å². The number of rotatable bonds is 2. The minimum atomic E-state index is -0.349. The molecule has 1 aliphatic carbocycles. The molecule has 1 unspecified atom stereocenters. The highest BCUT2D eigenvalue weighted by atomic mass is 32.1. The molecule has 1 atom stereocenters. The monoisotopic (exact) mass is 373 g/mol. The predicted octanol–water partition coefficient (Wildman–Crippen LogP) is 2.15. The smallest absolute Gasteiger partial charge is 0.350 e. The van der Waals surface area contributed by atoms with E-state index in [0.717, 1.165) is 29.5 Å². The number of carbonyl (C=O) groups excluding carboxylic acids is 1. The van der Waals surface area contributed by atoms with Gasteiger partial charge in [-0.1, -0.05) is 6.92 Å². The van der Waals surface area contributed by atoms with Crippen LogP contribution < -0.4 is 11.0 Å². The maximum atomic E-state index is 12.7. The largest absolute Gasteiger partial charge is 0.352 e. The fraction of sp³-hybridized carbons (Fsp3) is 0.556. The van der Waals surface area contributed by atoms with Crippen molar-refractivity contribution in [3.63, 3.8) is 0 Å². The highest BCUT2D eigenvalue weighted by molar-refractivity contribution is 7.19. The van der Waals surface area contributed by atoms with Crippen molar-refractivity contribution in [2.75, 3.05) is 0 Å². The molecule has 3 aromatic heterocycles. The number of carbonyl (C=O) groups is 1. The number of aromatic nitrogens is 4. The van der Waals surface area contributed by atoms with E-state index in [-0.39, 0.29) is 23.7 Å². The Morgan fingerprint density at radius 3 is 2.92 bits per heavy atom. The second kappa shape index (κ2) is 5.90. The van der Waals surface area contributed by atoms with E-state index >= 15 is 0 Å². The van der Waals surface area contributed by atoms with Crippen molar-refractivity contribution in [2.45, 2.75) is 59.0 Å². The van der Waals surface area contributed by atoms with E-state index < -0.39 is 0 Å². The first-order valence-electron chi connectivity index (χ1n) is 8.92. The average molecular weight is 373 g/mol. The van der Waals surface area contributed by atoms with Crippen LogP contribution in [-0.2, 0) is 24.2 Å². The molecular weight excluding hydrogens is 350 g/mol. The van der Waals surface area contributed by atoms with Gasteiger partial charge in [-0.05, 0) is 51.5 Å². The van der Waals surface area contributed by atoms with Crippen LogP contribution in [-0.4, -0.2) is 30.6 Å². The quantitative estimate of drug-likeness (QED) is 0.746. The molecular formula is C18H23N5O2S. The van der Waals surface area contributed by atoms with Gasteiger partial charge in [0.15, 0.2) is 5.65 Å². The first-order valence-corrected chi connectivity index (χ1v) is 9.74. The summed E-state index contributed by atoms with van der Waals surface area (Å²) in [5.74, 6) is 0.445. The molecule has 3 aromatic rings. The lowest BCUT2D eigenvalue weighted by Gasteiger charge is -2.20. The maximum Gasteiger partial charge on any atom is 0.352 e. The van der Waals surface area contributed by atoms with Crippen molar-refractivity contribution in [3.8, 4) is 0 Å². The first kappa shape index (κ1) is 17.2. The highest BCUT2D eigenvalue weighted by Crippen LogP contribution is 2.38. The third kappa shape index (κ3) is 2.92. The van der Waals surface area contributed by atoms with Crippen molar-refractivity contribution >= 4 is 33.1 Å². The average Bonchev–Trinajstić information content (AvgIpc) is 3.03. The van der Waals surface area contributed by atoms with Crippen molar-refractivity contribution in [1.82, 2.24) is 24.5 Å². The molecule has 0 spiro atoms. The minimum Gasteiger partial charge on any atom is -0.350 e. The summed E-state index contributed by atoms with van der Waals surface area (Å²) in [5.41, 5.74) is 1.20. The Kier molecular flexibility index (Phi) is 3.91. The second-order valence-electron chi connectivity index (χ2n) is 8.21. The number of hydrogen-bond donors (Lipinski definition) is 1. The van der Waals surface area contributed by atoms with Gasteiger partial charge >= 0.3 is 5.69 Å². The fourth-order valence-corrected chi connectivity index (χ4v) is 4.90. The fourth-order valence-electron chi connectivity index (χ4n) is 3.56. The summed E-state index contributed by atoms with van der Waals surface area (Å²) in [6.45, 7) is 7.89. The molecule has 0 fully saturated rings. The van der Waals surface area contributed by atoms with Crippen LogP contribution in [0.3, 0.4) is 0 Å². The lowest BCUT2D eigenvalue weighted by Crippen LogP contribution is -2.43. The molecule has 0 bridgehead atoms. The summed E-state index contributed by atoms with van der Waals surface area (Å²) in [7, 11) is 0. The number of amides is 1. The molecule has 1 N–H and O–H groups in total. The van der Waals surface area contributed by atoms with Crippen LogP contribution in [0.25, 0.3) is 15.9 Å². The lowest BCUT2D eigenvalue weighted by atomic mass is 9.89. The van der Waals surface area contributed by atoms with Gasteiger partial charge in [0.2, 0.25) is 5.91 Å². The molecule has 1 aliphatic rings. The molecule has 1 amide bonds. The van der Waals surface area contributed by atoms with E-state index in [2.05, 4.69) is 22.3 Å². The summed E-state index contributed by atoms with van der Waals surface area (Å²) < 4.78 is 2.69. The Hall–Kier alpha value is -2.22. The molecule has 138 valence electrons. The zero-order valence-corrected chi connectivity index (χ0v) is 16.3. The zero-order chi connectivity index (χ0) is 18.6. The van der Waals surface area contributed by atoms with Crippen LogP contribution in [0.4, 0.5) is 0 Å². The summed E-state index contributed by atoms with van der Waals surface area (Å²) in [6.07, 6.45) is 4.71. The van der Waals surface area contributed by atoms with Gasteiger partial charge in [-0.2, -0.15) is 0 Å². The van der Waals surface area contributed by atoms with Gasteiger partial charge < -0.3 is 5.32 Å². The Morgan fingerprint density at radius 2 is 2.19 bits per heavy atom. The summed E-state index contributed by atoms with van der Waals surface area (Å²) in [4.78, 5) is 31.6. The topological polar surface area (TPSA) is 81.3 Å². The summed E-state index contributed by atoms with van der Waals surface area (Å²) >= 11 is 1.70. The maximum absolute atomic E-state index is 12.7. The zero-order valence-electron chi connectivity index (χ0n) is 15.5. The van der Waals surface area contributed by atoms with Crippen molar-refractivity contribution in [3.05, 3.63) is 27.3 Å². The Balaban J connectivity index is 1.80. The Morgan fingerprint density at radius 1 is 1.42 bits per heavy atom. The van der Waals surface area contributed by atoms with Gasteiger partial charge in [0.25, 0.3) is 0 Å². The van der Waals surface area contributed by atoms with Gasteiger partial charge in [0.05, 0.1) is 5.39 Å². The third-order valence-electron chi connectivity index (χ3n) is 4.69. The minimum absolute atomic E-state index is 0.0946. The first-order chi connectivity index (χ1) is 12.2. The van der Waals surface area contributed by atoms with E-state index in [0.29, 0.717) is 11.6 Å². The van der Waals surface area contributed by atoms with E-state index in [1.54, 1.807) is 11.3 Å². The molecule has 0 saturated heterocycles. The normalized spacial score (nSPS) is 17.6. The predicted molar refractivity (Wildman–Crippen MR) is 102 cm³/mol. The summed E-state index contributed by atoms with van der Waals surface area (Å²) in [5, 5.41) is 8.33. The molecule has 0 saturated carbocycles. The molecule has 4 rings (SSSR count). The second-order valence-corrected chi connectivity index (χ2v) is 9.29. The third-order valence-corrected chi connectivity index (χ3v) is 5.85. The SMILES string of the molecule is CC1CCc2c(sc3ncn4c(=O)n(CC(=O)NC(C)(C)C)nc4c23)C1. The molecule has 7 nitrogen and oxygen atoms in total. The highest BCUT2D eigenvalue weighted by Gasteiger charge is 2.24. The van der Waals surface area contributed by atoms with Gasteiger partial charge in [0, 0.05) is 10.4 Å². The van der Waals surface area contributed by atoms with Crippen LogP contribution >= 0.6 is 11.3 Å². The van der Waals surface area contributed by atoms with Crippen LogP contribution in [0.1, 0.15) is 44.6 Å². The molecule has 26 heavy (non-hydrogen) atoms. The van der Waals surface area contributed by atoms with E-state index in [9.17, 15) is 9.59 Å². The van der Waals surface area contributed by atoms with Crippen molar-refractivity contribution in [2.24, 2.45) is 5.92 Å². The number of hydrogen-bond acceptors (Lipinski definition) is 5. The van der Waals surface area contributed by atoms with Gasteiger partial charge in [-0.25, -0.2) is 18.9 Å². The van der Waals surface area contributed by atoms with Gasteiger partial charge in [-0.3, -0.25) is 4.79 Å². The number of aryl methyl sites for hydroxylation is 1. The molecule has 8 heteroatoms. The van der Waals surface area contributed by atoms with Crippen LogP contribution in [0.5, 0.6) is 0 Å². The van der Waals surface area contributed by atoms with Crippen molar-refractivity contribution in [1.29, 1.82) is 0 Å². The summed E-state index contributed by atoms with van der Waals surface area (Å²) in [6, 6.07) is 0. The molecule has 0 aliphatic heterocycles. The van der Waals surface area contributed by atoms with E-state index in [4.69, 9.17) is 0 Å². The Labute approximate surface area is 155 Å². The molecule has 0 aromatic carbocycles. The van der Waals surface area contributed by atoms with E-state index in [1.165, 1.54) is 25.9 Å². The van der Waals surface area contributed by atoms with Crippen LogP contribution in [0.2, 0.25) is 0 Å². The number of fused-ring (bicyclic) bond motifs is 5. The number of nitrogens with one attached hydrogen (secondary N) is 1. The van der Waals surface area contributed by atoms with Gasteiger partial charge in [0.1, 0.15) is 17.7 Å². The number of thiophene rings is 1. The van der Waals surface area contributed by atoms with E-state index in [1.807, 2.05) is 20.8 Å². The number of nitrogens with zero attached hydrogens (tertiary/aromatic N) is 4. The standard InChI is InChI=1S/C18H23N5O2S/c1-10-5-6-11-12(7-10)26-16-14(11)15-21-23(17(25)22(15)9-19-16)8-13(24)20-18(2,3)4/h9-10H,5-8H2,1-4H3,(H,20,24). The molecule has 0 radical (unpaired) electrons. The lowest BCUT2D eigenvalue weighted by molar-refractivity contribution is -0.123. The van der Waals surface area contributed by atoms with Crippen molar-refractivity contribution < 1.29 is 4.79 Å². The van der Waals surface area contributed by atoms with Crippen LogP contribution in [0, 0.1) is 5.92 Å². The molecule has 3 heterocycles. The van der Waals surface area contributed by atoms with Crippen LogP contribution in [0.15, 0.2) is 11.1 Å². The Bertz CT molecular complexity index is 1070.